The van der Waals surface area contributed by atoms with Crippen molar-refractivity contribution in [1.29, 1.82) is 0 Å². The van der Waals surface area contributed by atoms with E-state index in [9.17, 15) is 0 Å². The maximum Gasteiger partial charge on any atom is 0.119 e. The Labute approximate surface area is 147 Å². The van der Waals surface area contributed by atoms with Gasteiger partial charge in [-0.1, -0.05) is 19.4 Å². The molecule has 2 nitrogen and oxygen atoms in total. The highest BCUT2D eigenvalue weighted by Gasteiger charge is 2.50. The first-order valence-corrected chi connectivity index (χ1v) is 9.97. The van der Waals surface area contributed by atoms with Crippen molar-refractivity contribution >= 4 is 0 Å². The lowest BCUT2D eigenvalue weighted by Crippen LogP contribution is -2.39. The van der Waals surface area contributed by atoms with E-state index < -0.39 is 0 Å². The SMILES string of the molecule is CN(C)CCOc1ccc2c(c1)CC[C@@H]1[C@H]3CCC[C@]3(C)CC[C@@H]21. The van der Waals surface area contributed by atoms with Gasteiger partial charge in [0.15, 0.2) is 0 Å². The molecule has 24 heavy (non-hydrogen) atoms. The molecule has 2 saturated carbocycles. The number of likely N-dealkylation sites (N-methyl/N-ethyl adjacent to an activating group) is 1. The molecule has 0 saturated heterocycles. The van der Waals surface area contributed by atoms with Gasteiger partial charge in [0.05, 0.1) is 0 Å². The second-order valence-electron chi connectivity index (χ2n) is 9.01. The Balaban J connectivity index is 1.51. The van der Waals surface area contributed by atoms with Crippen molar-refractivity contribution in [1.82, 2.24) is 4.90 Å². The Morgan fingerprint density at radius 2 is 2.04 bits per heavy atom. The van der Waals surface area contributed by atoms with Crippen LogP contribution in [0.3, 0.4) is 0 Å². The summed E-state index contributed by atoms with van der Waals surface area (Å²) in [5.74, 6) is 3.82. The molecule has 0 aromatic heterocycles. The Kier molecular flexibility index (Phi) is 4.36. The summed E-state index contributed by atoms with van der Waals surface area (Å²) in [4.78, 5) is 2.17. The third kappa shape index (κ3) is 2.87. The summed E-state index contributed by atoms with van der Waals surface area (Å²) < 4.78 is 5.96. The predicted octanol–water partition coefficient (Wildman–Crippen LogP) is 4.87. The van der Waals surface area contributed by atoms with E-state index in [0.717, 1.165) is 36.7 Å². The molecule has 0 spiro atoms. The molecule has 1 aromatic rings. The van der Waals surface area contributed by atoms with Crippen molar-refractivity contribution < 1.29 is 4.74 Å². The number of benzene rings is 1. The van der Waals surface area contributed by atoms with Crippen molar-refractivity contribution in [2.45, 2.75) is 57.8 Å². The van der Waals surface area contributed by atoms with Crippen molar-refractivity contribution in [2.75, 3.05) is 27.2 Å². The lowest BCUT2D eigenvalue weighted by molar-refractivity contribution is 0.0598. The first-order chi connectivity index (χ1) is 11.6. The second-order valence-corrected chi connectivity index (χ2v) is 9.01. The molecule has 3 aliphatic carbocycles. The fourth-order valence-corrected chi connectivity index (χ4v) is 5.99. The van der Waals surface area contributed by atoms with E-state index in [-0.39, 0.29) is 0 Å². The van der Waals surface area contributed by atoms with E-state index in [2.05, 4.69) is 44.1 Å². The average molecular weight is 328 g/mol. The molecule has 0 bridgehead atoms. The third-order valence-corrected chi connectivity index (χ3v) is 7.29. The highest BCUT2D eigenvalue weighted by molar-refractivity contribution is 5.40. The van der Waals surface area contributed by atoms with Crippen molar-refractivity contribution in [3.63, 3.8) is 0 Å². The van der Waals surface area contributed by atoms with E-state index in [4.69, 9.17) is 4.74 Å². The van der Waals surface area contributed by atoms with Crippen LogP contribution in [0.15, 0.2) is 18.2 Å². The van der Waals surface area contributed by atoms with Crippen molar-refractivity contribution in [3.05, 3.63) is 29.3 Å². The highest BCUT2D eigenvalue weighted by Crippen LogP contribution is 2.60. The zero-order valence-electron chi connectivity index (χ0n) is 15.7. The van der Waals surface area contributed by atoms with E-state index >= 15 is 0 Å². The number of hydrogen-bond acceptors (Lipinski definition) is 2. The first-order valence-electron chi connectivity index (χ1n) is 9.97. The Bertz CT molecular complexity index is 596. The van der Waals surface area contributed by atoms with Gasteiger partial charge in [0, 0.05) is 6.54 Å². The van der Waals surface area contributed by atoms with E-state index in [1.165, 1.54) is 44.9 Å². The van der Waals surface area contributed by atoms with Gasteiger partial charge in [-0.2, -0.15) is 0 Å². The lowest BCUT2D eigenvalue weighted by atomic mass is 9.56. The molecule has 0 unspecified atom stereocenters. The van der Waals surface area contributed by atoms with Gasteiger partial charge in [-0.15, -0.1) is 0 Å². The van der Waals surface area contributed by atoms with Gasteiger partial charge in [-0.25, -0.2) is 0 Å². The zero-order valence-corrected chi connectivity index (χ0v) is 15.7. The Hall–Kier alpha value is -1.02. The molecule has 0 heterocycles. The van der Waals surface area contributed by atoms with Crippen LogP contribution in [-0.4, -0.2) is 32.1 Å². The van der Waals surface area contributed by atoms with Crippen molar-refractivity contribution in [3.8, 4) is 5.75 Å². The van der Waals surface area contributed by atoms with Crippen LogP contribution in [-0.2, 0) is 6.42 Å². The summed E-state index contributed by atoms with van der Waals surface area (Å²) in [5.41, 5.74) is 3.88. The van der Waals surface area contributed by atoms with Gasteiger partial charge < -0.3 is 9.64 Å². The van der Waals surface area contributed by atoms with Crippen LogP contribution in [0.2, 0.25) is 0 Å². The molecule has 4 atom stereocenters. The van der Waals surface area contributed by atoms with Gasteiger partial charge >= 0.3 is 0 Å². The summed E-state index contributed by atoms with van der Waals surface area (Å²) in [6.45, 7) is 4.33. The monoisotopic (exact) mass is 327 g/mol. The molecule has 4 rings (SSSR count). The maximum atomic E-state index is 5.96. The normalized spacial score (nSPS) is 34.6. The number of hydrogen-bond donors (Lipinski definition) is 0. The number of ether oxygens (including phenoxy) is 1. The lowest BCUT2D eigenvalue weighted by Gasteiger charge is -2.49. The summed E-state index contributed by atoms with van der Waals surface area (Å²) in [6.07, 6.45) is 9.94. The number of nitrogens with zero attached hydrogens (tertiary/aromatic N) is 1. The van der Waals surface area contributed by atoms with Gasteiger partial charge in [-0.3, -0.25) is 0 Å². The average Bonchev–Trinajstić information content (AvgIpc) is 2.96. The van der Waals surface area contributed by atoms with Gasteiger partial charge in [0.25, 0.3) is 0 Å². The zero-order chi connectivity index (χ0) is 16.7. The fourth-order valence-electron chi connectivity index (χ4n) is 5.99. The third-order valence-electron chi connectivity index (χ3n) is 7.29. The molecule has 132 valence electrons. The number of rotatable bonds is 4. The Morgan fingerprint density at radius 3 is 2.88 bits per heavy atom. The van der Waals surface area contributed by atoms with Crippen LogP contribution >= 0.6 is 0 Å². The van der Waals surface area contributed by atoms with E-state index in [0.29, 0.717) is 5.41 Å². The van der Waals surface area contributed by atoms with Crippen LogP contribution in [0.5, 0.6) is 5.75 Å². The first kappa shape index (κ1) is 16.4. The van der Waals surface area contributed by atoms with Crippen molar-refractivity contribution in [2.24, 2.45) is 17.3 Å². The predicted molar refractivity (Wildman–Crippen MR) is 99.7 cm³/mol. The number of aryl methyl sites for hydroxylation is 1. The summed E-state index contributed by atoms with van der Waals surface area (Å²) in [7, 11) is 4.19. The topological polar surface area (TPSA) is 12.5 Å². The summed E-state index contributed by atoms with van der Waals surface area (Å²) in [6, 6.07) is 6.96. The fraction of sp³-hybridized carbons (Fsp3) is 0.727. The van der Waals surface area contributed by atoms with Crippen LogP contribution in [0, 0.1) is 17.3 Å². The minimum absolute atomic E-state index is 0.661. The smallest absolute Gasteiger partial charge is 0.119 e. The molecule has 0 radical (unpaired) electrons. The molecular weight excluding hydrogens is 294 g/mol. The van der Waals surface area contributed by atoms with Crippen LogP contribution < -0.4 is 4.74 Å². The molecule has 2 fully saturated rings. The van der Waals surface area contributed by atoms with Gasteiger partial charge in [-0.05, 0) is 99.0 Å². The van der Waals surface area contributed by atoms with E-state index in [1.54, 1.807) is 11.1 Å². The van der Waals surface area contributed by atoms with Crippen LogP contribution in [0.25, 0.3) is 0 Å². The molecular formula is C22H33NO. The highest BCUT2D eigenvalue weighted by atomic mass is 16.5. The van der Waals surface area contributed by atoms with E-state index in [1.807, 2.05) is 0 Å². The summed E-state index contributed by atoms with van der Waals surface area (Å²) in [5, 5.41) is 0. The second kappa shape index (κ2) is 6.37. The molecule has 0 N–H and O–H groups in total. The molecule has 3 aliphatic rings. The molecule has 0 aliphatic heterocycles. The molecule has 1 aromatic carbocycles. The Morgan fingerprint density at radius 1 is 1.17 bits per heavy atom. The molecule has 2 heteroatoms. The van der Waals surface area contributed by atoms with Gasteiger partial charge in [0.2, 0.25) is 0 Å². The largest absolute Gasteiger partial charge is 0.492 e. The minimum atomic E-state index is 0.661. The van der Waals surface area contributed by atoms with Crippen LogP contribution in [0.1, 0.15) is 62.5 Å². The number of fused-ring (bicyclic) bond motifs is 5. The van der Waals surface area contributed by atoms with Gasteiger partial charge in [0.1, 0.15) is 12.4 Å². The molecule has 0 amide bonds. The quantitative estimate of drug-likeness (QED) is 0.782. The summed E-state index contributed by atoms with van der Waals surface area (Å²) >= 11 is 0. The van der Waals surface area contributed by atoms with Crippen LogP contribution in [0.4, 0.5) is 0 Å². The standard InChI is InChI=1S/C22H33NO/c1-22-11-4-5-21(22)20-8-6-16-15-17(24-14-13-23(2)3)7-9-18(16)19(20)10-12-22/h7,9,15,19-21H,4-6,8,10-14H2,1-3H3/t19-,20-,21+,22+/m0/s1. The maximum absolute atomic E-state index is 5.96. The minimum Gasteiger partial charge on any atom is -0.492 e.